The number of hydrogen-bond donors (Lipinski definition) is 1. The summed E-state index contributed by atoms with van der Waals surface area (Å²) in [6.07, 6.45) is 3.05. The zero-order chi connectivity index (χ0) is 26.1. The molecule has 1 saturated heterocycles. The van der Waals surface area contributed by atoms with E-state index in [1.54, 1.807) is 12.1 Å². The van der Waals surface area contributed by atoms with Gasteiger partial charge in [0.1, 0.15) is 5.82 Å². The number of nitrogens with one attached hydrogen (secondary N) is 1. The van der Waals surface area contributed by atoms with Crippen molar-refractivity contribution in [2.45, 2.75) is 18.9 Å². The lowest BCUT2D eigenvalue weighted by molar-refractivity contribution is -0.384. The van der Waals surface area contributed by atoms with Crippen LogP contribution in [0.25, 0.3) is 28.1 Å². The van der Waals surface area contributed by atoms with Gasteiger partial charge in [0.25, 0.3) is 0 Å². The van der Waals surface area contributed by atoms with Crippen LogP contribution >= 0.6 is 0 Å². The van der Waals surface area contributed by atoms with Crippen LogP contribution in [0.3, 0.4) is 0 Å². The Hall–Kier alpha value is -4.70. The molecule has 2 aromatic carbocycles. The van der Waals surface area contributed by atoms with Gasteiger partial charge < -0.3 is 14.6 Å². The molecule has 190 valence electrons. The highest BCUT2D eigenvalue weighted by Gasteiger charge is 2.20. The topological polar surface area (TPSA) is 107 Å². The van der Waals surface area contributed by atoms with Crippen molar-refractivity contribution >= 4 is 28.2 Å². The molecule has 2 aliphatic heterocycles. The largest absolute Gasteiger partial charge is 0.381 e. The monoisotopic (exact) mass is 510 g/mol. The maximum atomic E-state index is 13.8. The van der Waals surface area contributed by atoms with Crippen LogP contribution in [0.4, 0.5) is 21.6 Å². The first kappa shape index (κ1) is 23.7. The number of hydrogen-bond acceptors (Lipinski definition) is 7. The number of benzene rings is 3. The Labute approximate surface area is 216 Å². The summed E-state index contributed by atoms with van der Waals surface area (Å²) in [6, 6.07) is 20.7. The van der Waals surface area contributed by atoms with E-state index in [0.29, 0.717) is 30.0 Å². The average molecular weight is 511 g/mol. The second kappa shape index (κ2) is 9.98. The SMILES string of the molecule is O=[N+]([O-])c1cccnc1Nc1cc2nc3ccccc3n(-c3ccc(F)cc3)c-2c/c1=N\C1CCOCC1. The van der Waals surface area contributed by atoms with Crippen LogP contribution in [0.1, 0.15) is 12.8 Å². The molecule has 10 heteroatoms. The predicted octanol–water partition coefficient (Wildman–Crippen LogP) is 5.40. The molecule has 38 heavy (non-hydrogen) atoms. The molecule has 0 amide bonds. The third-order valence-electron chi connectivity index (χ3n) is 6.53. The van der Waals surface area contributed by atoms with E-state index in [1.807, 2.05) is 41.0 Å². The van der Waals surface area contributed by atoms with Gasteiger partial charge in [-0.05, 0) is 67.4 Å². The maximum Gasteiger partial charge on any atom is 0.311 e. The summed E-state index contributed by atoms with van der Waals surface area (Å²) in [4.78, 5) is 25.3. The Bertz CT molecular complexity index is 1680. The minimum absolute atomic E-state index is 0.0353. The molecule has 3 aliphatic rings. The normalized spacial score (nSPS) is 14.7. The number of anilines is 2. The van der Waals surface area contributed by atoms with Crippen LogP contribution in [-0.4, -0.2) is 38.7 Å². The smallest absolute Gasteiger partial charge is 0.311 e. The second-order valence-corrected chi connectivity index (χ2v) is 9.00. The zero-order valence-electron chi connectivity index (χ0n) is 20.3. The van der Waals surface area contributed by atoms with Crippen LogP contribution in [0.15, 0.2) is 84.0 Å². The Balaban J connectivity index is 1.62. The van der Waals surface area contributed by atoms with Crippen LogP contribution in [0, 0.1) is 15.9 Å². The van der Waals surface area contributed by atoms with E-state index in [9.17, 15) is 14.5 Å². The van der Waals surface area contributed by atoms with E-state index >= 15 is 0 Å². The maximum absolute atomic E-state index is 13.8. The lowest BCUT2D eigenvalue weighted by Gasteiger charge is -2.21. The summed E-state index contributed by atoms with van der Waals surface area (Å²) in [5.74, 6) is -0.205. The summed E-state index contributed by atoms with van der Waals surface area (Å²) in [5.41, 5.74) is 4.19. The number of fused-ring (bicyclic) bond motifs is 2. The standard InChI is InChI=1S/C28H23FN6O3/c29-18-7-9-20(10-8-18)34-25-5-2-1-4-21(25)32-24-16-22(33-28-26(35(36)37)6-3-13-30-28)23(17-27(24)34)31-19-11-14-38-15-12-19/h1-10,13,16-17,19H,11-12,14-15H2,(H,30,33)/b31-23+. The molecule has 1 aliphatic carbocycles. The fraction of sp³-hybridized carbons (Fsp3) is 0.179. The Morgan fingerprint density at radius 3 is 2.63 bits per heavy atom. The van der Waals surface area contributed by atoms with Gasteiger partial charge in [-0.1, -0.05) is 12.1 Å². The number of nitrogens with zero attached hydrogens (tertiary/aromatic N) is 5. The highest BCUT2D eigenvalue weighted by atomic mass is 19.1. The molecule has 3 heterocycles. The highest BCUT2D eigenvalue weighted by molar-refractivity contribution is 5.84. The van der Waals surface area contributed by atoms with Gasteiger partial charge in [-0.15, -0.1) is 0 Å². The predicted molar refractivity (Wildman–Crippen MR) is 141 cm³/mol. The van der Waals surface area contributed by atoms with Gasteiger partial charge in [0.2, 0.25) is 5.82 Å². The summed E-state index contributed by atoms with van der Waals surface area (Å²) in [5, 5.41) is 15.4. The third kappa shape index (κ3) is 4.57. The number of para-hydroxylation sites is 2. The third-order valence-corrected chi connectivity index (χ3v) is 6.53. The van der Waals surface area contributed by atoms with Gasteiger partial charge in [0, 0.05) is 31.2 Å². The Morgan fingerprint density at radius 1 is 1.05 bits per heavy atom. The van der Waals surface area contributed by atoms with Crippen molar-refractivity contribution in [3.05, 3.63) is 100 Å². The van der Waals surface area contributed by atoms with Crippen molar-refractivity contribution in [1.29, 1.82) is 0 Å². The molecule has 0 saturated carbocycles. The summed E-state index contributed by atoms with van der Waals surface area (Å²) in [6.45, 7) is 1.25. The van der Waals surface area contributed by atoms with Crippen molar-refractivity contribution in [3.8, 4) is 17.1 Å². The number of halogens is 1. The first-order valence-corrected chi connectivity index (χ1v) is 12.3. The number of nitro groups is 1. The van der Waals surface area contributed by atoms with Crippen LogP contribution in [-0.2, 0) is 4.74 Å². The molecule has 3 aromatic rings. The minimum Gasteiger partial charge on any atom is -0.381 e. The lowest BCUT2D eigenvalue weighted by atomic mass is 10.1. The molecule has 0 unspecified atom stereocenters. The summed E-state index contributed by atoms with van der Waals surface area (Å²) in [7, 11) is 0. The number of pyridine rings is 1. The first-order chi connectivity index (χ1) is 18.6. The van der Waals surface area contributed by atoms with E-state index in [4.69, 9.17) is 14.7 Å². The highest BCUT2D eigenvalue weighted by Crippen LogP contribution is 2.31. The zero-order valence-corrected chi connectivity index (χ0v) is 20.3. The fourth-order valence-electron chi connectivity index (χ4n) is 4.70. The van der Waals surface area contributed by atoms with Crippen molar-refractivity contribution in [2.24, 2.45) is 4.99 Å². The lowest BCUT2D eigenvalue weighted by Crippen LogP contribution is -2.23. The molecule has 1 N–H and O–H groups in total. The van der Waals surface area contributed by atoms with Gasteiger partial charge in [0.05, 0.1) is 44.4 Å². The van der Waals surface area contributed by atoms with Gasteiger partial charge in [-0.25, -0.2) is 14.4 Å². The summed E-state index contributed by atoms with van der Waals surface area (Å²) < 4.78 is 21.3. The quantitative estimate of drug-likeness (QED) is 0.193. The molecule has 0 atom stereocenters. The molecule has 0 spiro atoms. The van der Waals surface area contributed by atoms with E-state index < -0.39 is 4.92 Å². The van der Waals surface area contributed by atoms with Crippen molar-refractivity contribution < 1.29 is 14.1 Å². The molecule has 0 bridgehead atoms. The summed E-state index contributed by atoms with van der Waals surface area (Å²) >= 11 is 0. The van der Waals surface area contributed by atoms with Gasteiger partial charge in [-0.3, -0.25) is 15.1 Å². The van der Waals surface area contributed by atoms with E-state index in [1.165, 1.54) is 30.5 Å². The van der Waals surface area contributed by atoms with Gasteiger partial charge >= 0.3 is 5.69 Å². The minimum atomic E-state index is -0.472. The molecular formula is C28H23FN6O3. The Kier molecular flexibility index (Phi) is 6.22. The van der Waals surface area contributed by atoms with E-state index in [0.717, 1.165) is 35.3 Å². The van der Waals surface area contributed by atoms with E-state index in [-0.39, 0.29) is 23.4 Å². The van der Waals surface area contributed by atoms with E-state index in [2.05, 4.69) is 10.3 Å². The second-order valence-electron chi connectivity index (χ2n) is 9.00. The van der Waals surface area contributed by atoms with Crippen LogP contribution < -0.4 is 10.7 Å². The number of ether oxygens (including phenoxy) is 1. The van der Waals surface area contributed by atoms with Crippen LogP contribution in [0.5, 0.6) is 0 Å². The van der Waals surface area contributed by atoms with Gasteiger partial charge in [-0.2, -0.15) is 0 Å². The number of rotatable bonds is 5. The fourth-order valence-corrected chi connectivity index (χ4v) is 4.70. The molecular weight excluding hydrogens is 487 g/mol. The molecule has 1 aromatic heterocycles. The number of aromatic nitrogens is 3. The van der Waals surface area contributed by atoms with Crippen molar-refractivity contribution in [1.82, 2.24) is 14.5 Å². The molecule has 9 nitrogen and oxygen atoms in total. The van der Waals surface area contributed by atoms with Crippen LogP contribution in [0.2, 0.25) is 0 Å². The molecule has 1 fully saturated rings. The average Bonchev–Trinajstić information content (AvgIpc) is 2.93. The molecule has 6 rings (SSSR count). The van der Waals surface area contributed by atoms with Gasteiger partial charge in [0.15, 0.2) is 0 Å². The van der Waals surface area contributed by atoms with Crippen molar-refractivity contribution in [2.75, 3.05) is 18.5 Å². The Morgan fingerprint density at radius 2 is 1.84 bits per heavy atom. The van der Waals surface area contributed by atoms with Crippen molar-refractivity contribution in [3.63, 3.8) is 0 Å². The first-order valence-electron chi connectivity index (χ1n) is 12.3. The molecule has 0 radical (unpaired) electrons.